The van der Waals surface area contributed by atoms with E-state index >= 15 is 0 Å². The fourth-order valence-electron chi connectivity index (χ4n) is 1.65. The molecule has 3 heteroatoms. The third-order valence-electron chi connectivity index (χ3n) is 2.47. The van der Waals surface area contributed by atoms with Gasteiger partial charge in [0, 0.05) is 0 Å². The minimum absolute atomic E-state index is 0.405. The highest BCUT2D eigenvalue weighted by Crippen LogP contribution is 2.35. The molecule has 1 saturated carbocycles. The van der Waals surface area contributed by atoms with Crippen LogP contribution in [0.3, 0.4) is 0 Å². The van der Waals surface area contributed by atoms with Gasteiger partial charge in [-0.2, -0.15) is 0 Å². The Morgan fingerprint density at radius 3 is 2.64 bits per heavy atom. The molecular weight excluding hydrogens is 144 g/mol. The molecule has 0 aromatic rings. The zero-order valence-electron chi connectivity index (χ0n) is 6.71. The monoisotopic (exact) mass is 158 g/mol. The van der Waals surface area contributed by atoms with Crippen molar-refractivity contribution in [3.05, 3.63) is 0 Å². The molecule has 1 rings (SSSR count). The first-order valence-electron chi connectivity index (χ1n) is 3.96. The highest BCUT2D eigenvalue weighted by atomic mass is 16.4. The van der Waals surface area contributed by atoms with Gasteiger partial charge in [-0.05, 0) is 32.6 Å². The van der Waals surface area contributed by atoms with Crippen molar-refractivity contribution in [1.82, 2.24) is 0 Å². The van der Waals surface area contributed by atoms with Crippen LogP contribution < -0.4 is 0 Å². The van der Waals surface area contributed by atoms with Crippen molar-refractivity contribution in [2.45, 2.75) is 38.7 Å². The zero-order valence-corrected chi connectivity index (χ0v) is 6.71. The van der Waals surface area contributed by atoms with Crippen LogP contribution in [0.15, 0.2) is 0 Å². The summed E-state index contributed by atoms with van der Waals surface area (Å²) in [6, 6.07) is 0. The summed E-state index contributed by atoms with van der Waals surface area (Å²) in [7, 11) is 0. The Morgan fingerprint density at radius 2 is 2.27 bits per heavy atom. The van der Waals surface area contributed by atoms with E-state index in [4.69, 9.17) is 5.11 Å². The first kappa shape index (κ1) is 8.53. The predicted octanol–water partition coefficient (Wildman–Crippen LogP) is 1.01. The number of aliphatic carboxylic acids is 1. The number of aliphatic hydroxyl groups is 1. The number of hydrogen-bond donors (Lipinski definition) is 2. The first-order valence-corrected chi connectivity index (χ1v) is 3.96. The maximum absolute atomic E-state index is 10.7. The molecule has 0 aliphatic heterocycles. The Hall–Kier alpha value is -0.570. The lowest BCUT2D eigenvalue weighted by atomic mass is 9.74. The topological polar surface area (TPSA) is 57.5 Å². The molecule has 2 atom stereocenters. The molecule has 0 heterocycles. The molecule has 11 heavy (non-hydrogen) atoms. The normalized spacial score (nSPS) is 38.5. The average Bonchev–Trinajstić information content (AvgIpc) is 1.86. The molecule has 1 fully saturated rings. The van der Waals surface area contributed by atoms with Crippen LogP contribution in [0.5, 0.6) is 0 Å². The van der Waals surface area contributed by atoms with Crippen molar-refractivity contribution in [2.24, 2.45) is 5.41 Å². The smallest absolute Gasteiger partial charge is 0.309 e. The molecule has 0 unspecified atom stereocenters. The molecule has 0 amide bonds. The number of carboxylic acid groups (broad SMARTS) is 1. The van der Waals surface area contributed by atoms with Crippen molar-refractivity contribution in [1.29, 1.82) is 0 Å². The SMILES string of the molecule is C[C@@]1(C(=O)O)CCC[C@H](O)C1. The Morgan fingerprint density at radius 1 is 1.64 bits per heavy atom. The van der Waals surface area contributed by atoms with Gasteiger partial charge in [0.1, 0.15) is 0 Å². The third kappa shape index (κ3) is 1.71. The first-order chi connectivity index (χ1) is 5.04. The summed E-state index contributed by atoms with van der Waals surface area (Å²) < 4.78 is 0. The number of carboxylic acids is 1. The quantitative estimate of drug-likeness (QED) is 0.598. The lowest BCUT2D eigenvalue weighted by molar-refractivity contribution is -0.152. The Kier molecular flexibility index (Phi) is 2.18. The highest BCUT2D eigenvalue weighted by molar-refractivity contribution is 5.74. The van der Waals surface area contributed by atoms with E-state index in [0.717, 1.165) is 12.8 Å². The van der Waals surface area contributed by atoms with E-state index < -0.39 is 17.5 Å². The minimum Gasteiger partial charge on any atom is -0.481 e. The summed E-state index contributed by atoms with van der Waals surface area (Å²) in [4.78, 5) is 10.7. The van der Waals surface area contributed by atoms with E-state index in [9.17, 15) is 9.90 Å². The van der Waals surface area contributed by atoms with Gasteiger partial charge in [-0.25, -0.2) is 0 Å². The number of aliphatic hydroxyl groups excluding tert-OH is 1. The van der Waals surface area contributed by atoms with Crippen molar-refractivity contribution in [3.63, 3.8) is 0 Å². The Balaban J connectivity index is 2.63. The van der Waals surface area contributed by atoms with Gasteiger partial charge in [-0.1, -0.05) is 0 Å². The number of hydrogen-bond acceptors (Lipinski definition) is 2. The fraction of sp³-hybridized carbons (Fsp3) is 0.875. The van der Waals surface area contributed by atoms with E-state index in [2.05, 4.69) is 0 Å². The second kappa shape index (κ2) is 2.81. The van der Waals surface area contributed by atoms with Crippen LogP contribution >= 0.6 is 0 Å². The lowest BCUT2D eigenvalue weighted by Gasteiger charge is -2.31. The predicted molar refractivity (Wildman–Crippen MR) is 40.2 cm³/mol. The van der Waals surface area contributed by atoms with Crippen LogP contribution in [0.1, 0.15) is 32.6 Å². The molecule has 3 nitrogen and oxygen atoms in total. The standard InChI is InChI=1S/C8H14O3/c1-8(7(10)11)4-2-3-6(9)5-8/h6,9H,2-5H2,1H3,(H,10,11)/t6-,8+/m0/s1. The molecular formula is C8H14O3. The van der Waals surface area contributed by atoms with E-state index in [1.807, 2.05) is 0 Å². The van der Waals surface area contributed by atoms with Crippen molar-refractivity contribution in [2.75, 3.05) is 0 Å². The Labute approximate surface area is 66.0 Å². The van der Waals surface area contributed by atoms with Gasteiger partial charge in [0.2, 0.25) is 0 Å². The van der Waals surface area contributed by atoms with E-state index in [-0.39, 0.29) is 0 Å². The summed E-state index contributed by atoms with van der Waals surface area (Å²) in [5.41, 5.74) is -0.683. The van der Waals surface area contributed by atoms with E-state index in [0.29, 0.717) is 12.8 Å². The van der Waals surface area contributed by atoms with E-state index in [1.54, 1.807) is 6.92 Å². The van der Waals surface area contributed by atoms with Gasteiger partial charge in [-0.15, -0.1) is 0 Å². The number of rotatable bonds is 1. The fourth-order valence-corrected chi connectivity index (χ4v) is 1.65. The van der Waals surface area contributed by atoms with Gasteiger partial charge in [-0.3, -0.25) is 4.79 Å². The van der Waals surface area contributed by atoms with Gasteiger partial charge >= 0.3 is 5.97 Å². The molecule has 1 aliphatic rings. The zero-order chi connectivity index (χ0) is 8.48. The average molecular weight is 158 g/mol. The molecule has 64 valence electrons. The van der Waals surface area contributed by atoms with Crippen molar-refractivity contribution >= 4 is 5.97 Å². The highest BCUT2D eigenvalue weighted by Gasteiger charge is 2.37. The molecule has 1 aliphatic carbocycles. The van der Waals surface area contributed by atoms with Crippen molar-refractivity contribution in [3.8, 4) is 0 Å². The third-order valence-corrected chi connectivity index (χ3v) is 2.47. The van der Waals surface area contributed by atoms with Crippen molar-refractivity contribution < 1.29 is 15.0 Å². The molecule has 0 bridgehead atoms. The van der Waals surface area contributed by atoms with Gasteiger partial charge in [0.05, 0.1) is 11.5 Å². The van der Waals surface area contributed by atoms with Crippen LogP contribution in [0, 0.1) is 5.41 Å². The summed E-state index contributed by atoms with van der Waals surface area (Å²) >= 11 is 0. The summed E-state index contributed by atoms with van der Waals surface area (Å²) in [6.07, 6.45) is 2.26. The molecule has 0 radical (unpaired) electrons. The maximum atomic E-state index is 10.7. The number of carbonyl (C=O) groups is 1. The lowest BCUT2D eigenvalue weighted by Crippen LogP contribution is -2.35. The molecule has 2 N–H and O–H groups in total. The maximum Gasteiger partial charge on any atom is 0.309 e. The van der Waals surface area contributed by atoms with Crippen LogP contribution in [-0.2, 0) is 4.79 Å². The van der Waals surface area contributed by atoms with E-state index in [1.165, 1.54) is 0 Å². The molecule has 0 aromatic carbocycles. The Bertz CT molecular complexity index is 167. The summed E-state index contributed by atoms with van der Waals surface area (Å²) in [5.74, 6) is -0.781. The second-order valence-corrected chi connectivity index (χ2v) is 3.62. The van der Waals surface area contributed by atoms with Gasteiger partial charge in [0.15, 0.2) is 0 Å². The van der Waals surface area contributed by atoms with Crippen LogP contribution in [-0.4, -0.2) is 22.3 Å². The molecule has 0 spiro atoms. The van der Waals surface area contributed by atoms with Crippen LogP contribution in [0.2, 0.25) is 0 Å². The van der Waals surface area contributed by atoms with Gasteiger partial charge in [0.25, 0.3) is 0 Å². The second-order valence-electron chi connectivity index (χ2n) is 3.62. The van der Waals surface area contributed by atoms with Crippen LogP contribution in [0.4, 0.5) is 0 Å². The van der Waals surface area contributed by atoms with Gasteiger partial charge < -0.3 is 10.2 Å². The largest absolute Gasteiger partial charge is 0.481 e. The summed E-state index contributed by atoms with van der Waals surface area (Å²) in [5, 5.41) is 18.0. The minimum atomic E-state index is -0.781. The molecule has 0 aromatic heterocycles. The van der Waals surface area contributed by atoms with Crippen LogP contribution in [0.25, 0.3) is 0 Å². The molecule has 0 saturated heterocycles. The summed E-state index contributed by atoms with van der Waals surface area (Å²) in [6.45, 7) is 1.71.